The Balaban J connectivity index is 1.25. The molecule has 0 aliphatic carbocycles. The fraction of sp³-hybridized carbons (Fsp3) is 0. The Morgan fingerprint density at radius 1 is 0.356 bits per heavy atom. The largest absolute Gasteiger partial charge is 0.456 e. The maximum atomic E-state index is 6.50. The van der Waals surface area contributed by atoms with Crippen LogP contribution in [0.25, 0.3) is 88.8 Å². The van der Waals surface area contributed by atoms with Gasteiger partial charge in [0.1, 0.15) is 11.2 Å². The molecule has 9 rings (SSSR count). The number of fused-ring (bicyclic) bond motifs is 5. The number of benzene rings is 7. The van der Waals surface area contributed by atoms with Gasteiger partial charge in [-0.3, -0.25) is 0 Å². The molecule has 0 radical (unpaired) electrons. The highest BCUT2D eigenvalue weighted by Crippen LogP contribution is 2.39. The van der Waals surface area contributed by atoms with Crippen LogP contribution >= 0.6 is 0 Å². The molecule has 4 nitrogen and oxygen atoms in total. The summed E-state index contributed by atoms with van der Waals surface area (Å²) in [6, 6.07) is 52.2. The molecule has 0 bridgehead atoms. The molecule has 0 unspecified atom stereocenters. The number of hydrogen-bond acceptors (Lipinski definition) is 4. The lowest BCUT2D eigenvalue weighted by Gasteiger charge is -2.10. The second-order valence-corrected chi connectivity index (χ2v) is 11.3. The summed E-state index contributed by atoms with van der Waals surface area (Å²) < 4.78 is 6.50. The van der Waals surface area contributed by atoms with Crippen molar-refractivity contribution in [3.05, 3.63) is 152 Å². The molecule has 0 amide bonds. The Hall–Kier alpha value is -6.13. The van der Waals surface area contributed by atoms with Crippen LogP contribution in [0.15, 0.2) is 156 Å². The third kappa shape index (κ3) is 4.35. The van der Waals surface area contributed by atoms with E-state index >= 15 is 0 Å². The molecule has 2 heterocycles. The summed E-state index contributed by atoms with van der Waals surface area (Å²) in [6.07, 6.45) is 0. The van der Waals surface area contributed by atoms with Crippen LogP contribution in [0.3, 0.4) is 0 Å². The van der Waals surface area contributed by atoms with Gasteiger partial charge in [0, 0.05) is 27.5 Å². The Bertz CT molecular complexity index is 2540. The number of furan rings is 1. The molecular formula is C41H25N3O. The summed E-state index contributed by atoms with van der Waals surface area (Å²) in [6.45, 7) is 0. The van der Waals surface area contributed by atoms with E-state index in [0.717, 1.165) is 49.6 Å². The third-order valence-corrected chi connectivity index (χ3v) is 8.51. The molecule has 4 heteroatoms. The van der Waals surface area contributed by atoms with E-state index in [1.807, 2.05) is 42.5 Å². The Morgan fingerprint density at radius 2 is 1.02 bits per heavy atom. The van der Waals surface area contributed by atoms with E-state index in [0.29, 0.717) is 17.5 Å². The minimum atomic E-state index is 0.610. The van der Waals surface area contributed by atoms with E-state index in [4.69, 9.17) is 19.4 Å². The molecule has 0 saturated carbocycles. The maximum Gasteiger partial charge on any atom is 0.164 e. The zero-order valence-electron chi connectivity index (χ0n) is 24.2. The van der Waals surface area contributed by atoms with Gasteiger partial charge in [-0.2, -0.15) is 0 Å². The van der Waals surface area contributed by atoms with Gasteiger partial charge in [-0.15, -0.1) is 0 Å². The second-order valence-electron chi connectivity index (χ2n) is 11.3. The van der Waals surface area contributed by atoms with Crippen LogP contribution in [-0.2, 0) is 0 Å². The van der Waals surface area contributed by atoms with E-state index in [2.05, 4.69) is 109 Å². The summed E-state index contributed by atoms with van der Waals surface area (Å²) in [5.41, 5.74) is 6.71. The molecule has 0 spiro atoms. The average molecular weight is 576 g/mol. The van der Waals surface area contributed by atoms with Gasteiger partial charge in [0.15, 0.2) is 17.5 Å². The van der Waals surface area contributed by atoms with Crippen molar-refractivity contribution < 1.29 is 4.42 Å². The average Bonchev–Trinajstić information content (AvgIpc) is 3.49. The molecule has 9 aromatic rings. The molecule has 210 valence electrons. The molecule has 2 aromatic heterocycles. The van der Waals surface area contributed by atoms with Crippen molar-refractivity contribution in [3.63, 3.8) is 0 Å². The zero-order chi connectivity index (χ0) is 29.7. The van der Waals surface area contributed by atoms with Crippen molar-refractivity contribution in [2.24, 2.45) is 0 Å². The van der Waals surface area contributed by atoms with Gasteiger partial charge in [0.05, 0.1) is 0 Å². The highest BCUT2D eigenvalue weighted by atomic mass is 16.3. The standard InChI is InChI=1S/C41H25N3O/c1-2-12-28(13-3-1)39-42-40(31-21-20-26-10-4-5-14-29(26)24-31)44-41(43-39)35-18-9-19-36-38(35)34-23-22-30(25-37(34)45-36)33-17-8-15-27-11-6-7-16-32(27)33/h1-25H. The van der Waals surface area contributed by atoms with Crippen molar-refractivity contribution in [2.75, 3.05) is 0 Å². The van der Waals surface area contributed by atoms with Crippen LogP contribution < -0.4 is 0 Å². The Morgan fingerprint density at radius 3 is 1.91 bits per heavy atom. The highest BCUT2D eigenvalue weighted by Gasteiger charge is 2.18. The minimum Gasteiger partial charge on any atom is -0.456 e. The van der Waals surface area contributed by atoms with Crippen LogP contribution in [0.4, 0.5) is 0 Å². The summed E-state index contributed by atoms with van der Waals surface area (Å²) in [5.74, 6) is 1.87. The van der Waals surface area contributed by atoms with Crippen molar-refractivity contribution in [2.45, 2.75) is 0 Å². The molecule has 0 saturated heterocycles. The first-order chi connectivity index (χ1) is 22.3. The molecule has 0 N–H and O–H groups in total. The SMILES string of the molecule is c1ccc(-c2nc(-c3ccc4ccccc4c3)nc(-c3cccc4oc5cc(-c6cccc7ccccc67)ccc5c34)n2)cc1. The zero-order valence-corrected chi connectivity index (χ0v) is 24.2. The van der Waals surface area contributed by atoms with E-state index in [9.17, 15) is 0 Å². The normalized spacial score (nSPS) is 11.6. The lowest BCUT2D eigenvalue weighted by molar-refractivity contribution is 0.669. The van der Waals surface area contributed by atoms with Gasteiger partial charge in [-0.05, 0) is 56.9 Å². The van der Waals surface area contributed by atoms with E-state index in [1.165, 1.54) is 21.7 Å². The third-order valence-electron chi connectivity index (χ3n) is 8.51. The predicted molar refractivity (Wildman–Crippen MR) is 184 cm³/mol. The van der Waals surface area contributed by atoms with Crippen molar-refractivity contribution in [3.8, 4) is 45.3 Å². The number of hydrogen-bond donors (Lipinski definition) is 0. The van der Waals surface area contributed by atoms with Crippen LogP contribution in [0.5, 0.6) is 0 Å². The van der Waals surface area contributed by atoms with E-state index in [1.54, 1.807) is 0 Å². The fourth-order valence-electron chi connectivity index (χ4n) is 6.33. The summed E-state index contributed by atoms with van der Waals surface area (Å²) >= 11 is 0. The van der Waals surface area contributed by atoms with Crippen LogP contribution in [0.1, 0.15) is 0 Å². The lowest BCUT2D eigenvalue weighted by Crippen LogP contribution is -2.00. The highest BCUT2D eigenvalue weighted by molar-refractivity contribution is 6.13. The fourth-order valence-corrected chi connectivity index (χ4v) is 6.33. The number of rotatable bonds is 4. The summed E-state index contributed by atoms with van der Waals surface area (Å²) in [7, 11) is 0. The molecule has 0 fully saturated rings. The summed E-state index contributed by atoms with van der Waals surface area (Å²) in [4.78, 5) is 15.1. The van der Waals surface area contributed by atoms with Crippen LogP contribution in [0, 0.1) is 0 Å². The molecule has 0 aliphatic heterocycles. The monoisotopic (exact) mass is 575 g/mol. The topological polar surface area (TPSA) is 51.8 Å². The van der Waals surface area contributed by atoms with Gasteiger partial charge >= 0.3 is 0 Å². The Kier molecular flexibility index (Phi) is 5.78. The van der Waals surface area contributed by atoms with Crippen LogP contribution in [-0.4, -0.2) is 15.0 Å². The quantitative estimate of drug-likeness (QED) is 0.209. The van der Waals surface area contributed by atoms with E-state index < -0.39 is 0 Å². The van der Waals surface area contributed by atoms with Gasteiger partial charge < -0.3 is 4.42 Å². The molecule has 0 aliphatic rings. The smallest absolute Gasteiger partial charge is 0.164 e. The molecule has 7 aromatic carbocycles. The number of aromatic nitrogens is 3. The maximum absolute atomic E-state index is 6.50. The first-order valence-electron chi connectivity index (χ1n) is 15.0. The molecule has 45 heavy (non-hydrogen) atoms. The lowest BCUT2D eigenvalue weighted by atomic mass is 9.97. The van der Waals surface area contributed by atoms with Gasteiger partial charge in [-0.25, -0.2) is 15.0 Å². The van der Waals surface area contributed by atoms with Gasteiger partial charge in [-0.1, -0.05) is 127 Å². The van der Waals surface area contributed by atoms with Crippen molar-refractivity contribution in [1.29, 1.82) is 0 Å². The van der Waals surface area contributed by atoms with Crippen molar-refractivity contribution in [1.82, 2.24) is 15.0 Å². The summed E-state index contributed by atoms with van der Waals surface area (Å²) in [5, 5.41) is 6.77. The predicted octanol–water partition coefficient (Wildman–Crippen LogP) is 10.7. The van der Waals surface area contributed by atoms with E-state index in [-0.39, 0.29) is 0 Å². The Labute approximate surface area is 259 Å². The molecular weight excluding hydrogens is 550 g/mol. The first-order valence-corrected chi connectivity index (χ1v) is 15.0. The van der Waals surface area contributed by atoms with Gasteiger partial charge in [0.25, 0.3) is 0 Å². The minimum absolute atomic E-state index is 0.610. The molecule has 0 atom stereocenters. The number of nitrogens with zero attached hydrogens (tertiary/aromatic N) is 3. The van der Waals surface area contributed by atoms with Crippen LogP contribution in [0.2, 0.25) is 0 Å². The second kappa shape index (κ2) is 10.2. The van der Waals surface area contributed by atoms with Gasteiger partial charge in [0.2, 0.25) is 0 Å². The van der Waals surface area contributed by atoms with Crippen molar-refractivity contribution >= 4 is 43.5 Å². The first kappa shape index (κ1) is 25.4.